The number of amides is 1. The number of hydrogen-bond donors (Lipinski definition) is 2. The molecule has 0 unspecified atom stereocenters. The summed E-state index contributed by atoms with van der Waals surface area (Å²) in [7, 11) is 0. The number of carboxylic acid groups (broad SMARTS) is 1. The molecule has 2 N–H and O–H groups in total. The molecule has 0 radical (unpaired) electrons. The molecular weight excluding hydrogens is 170 g/mol. The van der Waals surface area contributed by atoms with Gasteiger partial charge in [0.15, 0.2) is 0 Å². The number of allylic oxidation sites excluding steroid dienone is 1. The van der Waals surface area contributed by atoms with Crippen LogP contribution < -0.4 is 5.32 Å². The van der Waals surface area contributed by atoms with E-state index in [-0.39, 0.29) is 5.91 Å². The highest BCUT2D eigenvalue weighted by atomic mass is 16.4. The molecule has 0 aromatic heterocycles. The van der Waals surface area contributed by atoms with Gasteiger partial charge in [-0.25, -0.2) is 4.79 Å². The van der Waals surface area contributed by atoms with E-state index in [1.54, 1.807) is 19.9 Å². The molecule has 0 rings (SSSR count). The summed E-state index contributed by atoms with van der Waals surface area (Å²) in [4.78, 5) is 21.9. The lowest BCUT2D eigenvalue weighted by molar-refractivity contribution is -0.145. The number of aliphatic carboxylic acids is 1. The van der Waals surface area contributed by atoms with Gasteiger partial charge in [-0.2, -0.15) is 0 Å². The second kappa shape index (κ2) is 4.07. The minimum atomic E-state index is -1.22. The zero-order valence-corrected chi connectivity index (χ0v) is 8.34. The molecule has 0 atom stereocenters. The number of nitrogens with one attached hydrogen (secondary N) is 1. The molecule has 0 bridgehead atoms. The summed E-state index contributed by atoms with van der Waals surface area (Å²) >= 11 is 0. The first-order valence-electron chi connectivity index (χ1n) is 4.00. The quantitative estimate of drug-likeness (QED) is 0.643. The Labute approximate surface area is 77.6 Å². The molecule has 0 saturated heterocycles. The van der Waals surface area contributed by atoms with Crippen molar-refractivity contribution in [3.63, 3.8) is 0 Å². The van der Waals surface area contributed by atoms with Crippen LogP contribution in [0.1, 0.15) is 27.7 Å². The Morgan fingerprint density at radius 1 is 1.38 bits per heavy atom. The maximum atomic E-state index is 11.3. The van der Waals surface area contributed by atoms with Gasteiger partial charge < -0.3 is 10.4 Å². The molecule has 0 aliphatic carbocycles. The number of carbonyl (C=O) groups is 2. The van der Waals surface area contributed by atoms with E-state index in [1.165, 1.54) is 13.8 Å². The van der Waals surface area contributed by atoms with Crippen LogP contribution in [0.4, 0.5) is 0 Å². The summed E-state index contributed by atoms with van der Waals surface area (Å²) in [6.45, 7) is 6.24. The molecule has 0 spiro atoms. The Hall–Kier alpha value is -1.32. The summed E-state index contributed by atoms with van der Waals surface area (Å²) in [5.74, 6) is -1.40. The molecule has 0 heterocycles. The third-order valence-corrected chi connectivity index (χ3v) is 1.75. The van der Waals surface area contributed by atoms with E-state index in [9.17, 15) is 9.59 Å². The third kappa shape index (κ3) is 3.27. The summed E-state index contributed by atoms with van der Waals surface area (Å²) in [5.41, 5.74) is -0.712. The molecule has 74 valence electrons. The Morgan fingerprint density at radius 3 is 2.15 bits per heavy atom. The van der Waals surface area contributed by atoms with Crippen molar-refractivity contribution >= 4 is 11.9 Å². The van der Waals surface area contributed by atoms with E-state index in [4.69, 9.17) is 5.11 Å². The molecular formula is C9H15NO3. The van der Waals surface area contributed by atoms with Gasteiger partial charge in [-0.1, -0.05) is 6.08 Å². The lowest BCUT2D eigenvalue weighted by Crippen LogP contribution is -2.49. The minimum Gasteiger partial charge on any atom is -0.480 e. The highest BCUT2D eigenvalue weighted by Crippen LogP contribution is 2.03. The molecule has 0 aliphatic rings. The average Bonchev–Trinajstić information content (AvgIpc) is 2.01. The number of hydrogen-bond acceptors (Lipinski definition) is 2. The van der Waals surface area contributed by atoms with Crippen molar-refractivity contribution in [2.24, 2.45) is 0 Å². The minimum absolute atomic E-state index is 0.352. The Balaban J connectivity index is 4.46. The van der Waals surface area contributed by atoms with Crippen LogP contribution in [0, 0.1) is 0 Å². The Kier molecular flexibility index (Phi) is 3.66. The maximum absolute atomic E-state index is 11.3. The molecule has 1 amide bonds. The van der Waals surface area contributed by atoms with Crippen molar-refractivity contribution in [1.82, 2.24) is 5.32 Å². The standard InChI is InChI=1S/C9H15NO3/c1-5-6(2)7(11)10-9(3,4)8(12)13/h5H,1-4H3,(H,10,11)(H,12,13)/b6-5+. The largest absolute Gasteiger partial charge is 0.480 e. The first kappa shape index (κ1) is 11.7. The van der Waals surface area contributed by atoms with Gasteiger partial charge in [-0.15, -0.1) is 0 Å². The van der Waals surface area contributed by atoms with Crippen molar-refractivity contribution in [3.8, 4) is 0 Å². The summed E-state index contributed by atoms with van der Waals surface area (Å²) in [5, 5.41) is 11.1. The topological polar surface area (TPSA) is 66.4 Å². The Bertz CT molecular complexity index is 254. The van der Waals surface area contributed by atoms with Crippen molar-refractivity contribution in [3.05, 3.63) is 11.6 Å². The van der Waals surface area contributed by atoms with Crippen LogP contribution in [-0.2, 0) is 9.59 Å². The van der Waals surface area contributed by atoms with Crippen LogP contribution in [0.2, 0.25) is 0 Å². The number of carbonyl (C=O) groups excluding carboxylic acids is 1. The normalized spacial score (nSPS) is 12.5. The SMILES string of the molecule is C/C=C(\C)C(=O)NC(C)(C)C(=O)O. The predicted octanol–water partition coefficient (Wildman–Crippen LogP) is 0.932. The van der Waals surface area contributed by atoms with Crippen LogP contribution in [0.5, 0.6) is 0 Å². The fourth-order valence-electron chi connectivity index (χ4n) is 0.567. The van der Waals surface area contributed by atoms with E-state index < -0.39 is 11.5 Å². The lowest BCUT2D eigenvalue weighted by Gasteiger charge is -2.20. The monoisotopic (exact) mass is 185 g/mol. The summed E-state index contributed by atoms with van der Waals surface area (Å²) in [6.07, 6.45) is 1.63. The second-order valence-electron chi connectivity index (χ2n) is 3.36. The van der Waals surface area contributed by atoms with Gasteiger partial charge >= 0.3 is 5.97 Å². The van der Waals surface area contributed by atoms with Gasteiger partial charge in [0, 0.05) is 5.57 Å². The first-order valence-corrected chi connectivity index (χ1v) is 4.00. The van der Waals surface area contributed by atoms with E-state index in [2.05, 4.69) is 5.32 Å². The Morgan fingerprint density at radius 2 is 1.85 bits per heavy atom. The van der Waals surface area contributed by atoms with Crippen molar-refractivity contribution < 1.29 is 14.7 Å². The van der Waals surface area contributed by atoms with Gasteiger partial charge in [0.1, 0.15) is 5.54 Å². The summed E-state index contributed by atoms with van der Waals surface area (Å²) in [6, 6.07) is 0. The lowest BCUT2D eigenvalue weighted by atomic mass is 10.1. The van der Waals surface area contributed by atoms with Crippen LogP contribution in [0.15, 0.2) is 11.6 Å². The molecule has 0 saturated carbocycles. The first-order chi connectivity index (χ1) is 5.81. The highest BCUT2D eigenvalue weighted by molar-refractivity contribution is 5.96. The number of rotatable bonds is 3. The third-order valence-electron chi connectivity index (χ3n) is 1.75. The maximum Gasteiger partial charge on any atom is 0.328 e. The smallest absolute Gasteiger partial charge is 0.328 e. The van der Waals surface area contributed by atoms with Crippen LogP contribution in [0.3, 0.4) is 0 Å². The molecule has 0 aliphatic heterocycles. The second-order valence-corrected chi connectivity index (χ2v) is 3.36. The zero-order chi connectivity index (χ0) is 10.6. The van der Waals surface area contributed by atoms with Gasteiger partial charge in [-0.3, -0.25) is 4.79 Å². The van der Waals surface area contributed by atoms with Gasteiger partial charge in [-0.05, 0) is 27.7 Å². The van der Waals surface area contributed by atoms with Gasteiger partial charge in [0.05, 0.1) is 0 Å². The highest BCUT2D eigenvalue weighted by Gasteiger charge is 2.28. The summed E-state index contributed by atoms with van der Waals surface area (Å²) < 4.78 is 0. The predicted molar refractivity (Wildman–Crippen MR) is 49.3 cm³/mol. The van der Waals surface area contributed by atoms with Crippen LogP contribution in [0.25, 0.3) is 0 Å². The van der Waals surface area contributed by atoms with Crippen LogP contribution >= 0.6 is 0 Å². The molecule has 0 fully saturated rings. The average molecular weight is 185 g/mol. The van der Waals surface area contributed by atoms with E-state index >= 15 is 0 Å². The van der Waals surface area contributed by atoms with Gasteiger partial charge in [0.25, 0.3) is 0 Å². The fourth-order valence-corrected chi connectivity index (χ4v) is 0.567. The van der Waals surface area contributed by atoms with Crippen molar-refractivity contribution in [1.29, 1.82) is 0 Å². The van der Waals surface area contributed by atoms with E-state index in [1.807, 2.05) is 0 Å². The number of carboxylic acids is 1. The molecule has 0 aromatic carbocycles. The molecule has 13 heavy (non-hydrogen) atoms. The molecule has 4 nitrogen and oxygen atoms in total. The van der Waals surface area contributed by atoms with Crippen LogP contribution in [-0.4, -0.2) is 22.5 Å². The molecule has 4 heteroatoms. The van der Waals surface area contributed by atoms with Crippen molar-refractivity contribution in [2.45, 2.75) is 33.2 Å². The molecule has 0 aromatic rings. The zero-order valence-electron chi connectivity index (χ0n) is 8.34. The van der Waals surface area contributed by atoms with E-state index in [0.717, 1.165) is 0 Å². The van der Waals surface area contributed by atoms with Gasteiger partial charge in [0.2, 0.25) is 5.91 Å². The fraction of sp³-hybridized carbons (Fsp3) is 0.556. The van der Waals surface area contributed by atoms with Crippen molar-refractivity contribution in [2.75, 3.05) is 0 Å². The van der Waals surface area contributed by atoms with E-state index in [0.29, 0.717) is 5.57 Å².